The van der Waals surface area contributed by atoms with Crippen molar-refractivity contribution < 1.29 is 9.53 Å². The Bertz CT molecular complexity index is 428. The highest BCUT2D eigenvalue weighted by Gasteiger charge is 2.20. The minimum absolute atomic E-state index is 0. The summed E-state index contributed by atoms with van der Waals surface area (Å²) >= 11 is 0. The van der Waals surface area contributed by atoms with Gasteiger partial charge in [0.25, 0.3) is 0 Å². The zero-order valence-electron chi connectivity index (χ0n) is 10.1. The SMILES string of the molecule is CCCOC(=O)c1c(C)nn(C(=N)N)c1C.Cl. The molecule has 0 saturated heterocycles. The molecule has 0 amide bonds. The van der Waals surface area contributed by atoms with E-state index >= 15 is 0 Å². The van der Waals surface area contributed by atoms with Gasteiger partial charge < -0.3 is 10.5 Å². The van der Waals surface area contributed by atoms with Gasteiger partial charge >= 0.3 is 5.97 Å². The van der Waals surface area contributed by atoms with Gasteiger partial charge in [0.2, 0.25) is 5.96 Å². The summed E-state index contributed by atoms with van der Waals surface area (Å²) in [6.45, 7) is 5.67. The third-order valence-corrected chi connectivity index (χ3v) is 2.16. The van der Waals surface area contributed by atoms with E-state index in [-0.39, 0.29) is 18.4 Å². The number of nitrogens with one attached hydrogen (secondary N) is 1. The number of carbonyl (C=O) groups excluding carboxylic acids is 1. The molecule has 1 heterocycles. The molecule has 96 valence electrons. The lowest BCUT2D eigenvalue weighted by Crippen LogP contribution is -2.23. The van der Waals surface area contributed by atoms with Crippen LogP contribution in [-0.2, 0) is 4.74 Å². The van der Waals surface area contributed by atoms with Gasteiger partial charge in [-0.1, -0.05) is 6.92 Å². The van der Waals surface area contributed by atoms with Crippen molar-refractivity contribution in [1.29, 1.82) is 5.41 Å². The van der Waals surface area contributed by atoms with Crippen molar-refractivity contribution in [2.75, 3.05) is 6.61 Å². The fourth-order valence-electron chi connectivity index (χ4n) is 1.44. The summed E-state index contributed by atoms with van der Waals surface area (Å²) in [5.74, 6) is -0.625. The molecule has 0 atom stereocenters. The zero-order valence-corrected chi connectivity index (χ0v) is 10.9. The van der Waals surface area contributed by atoms with E-state index in [4.69, 9.17) is 15.9 Å². The molecule has 1 aromatic rings. The zero-order chi connectivity index (χ0) is 12.3. The summed E-state index contributed by atoms with van der Waals surface area (Å²) in [5.41, 5.74) is 6.78. The summed E-state index contributed by atoms with van der Waals surface area (Å²) in [4.78, 5) is 11.7. The van der Waals surface area contributed by atoms with Crippen molar-refractivity contribution in [1.82, 2.24) is 9.78 Å². The van der Waals surface area contributed by atoms with Crippen molar-refractivity contribution in [3.63, 3.8) is 0 Å². The molecule has 0 fully saturated rings. The van der Waals surface area contributed by atoms with Crippen molar-refractivity contribution >= 4 is 24.3 Å². The maximum absolute atomic E-state index is 11.7. The maximum Gasteiger partial charge on any atom is 0.341 e. The van der Waals surface area contributed by atoms with Gasteiger partial charge in [0, 0.05) is 0 Å². The van der Waals surface area contributed by atoms with Gasteiger partial charge in [-0.15, -0.1) is 12.4 Å². The average Bonchev–Trinajstić information content (AvgIpc) is 2.51. The molecule has 0 unspecified atom stereocenters. The standard InChI is InChI=1S/C10H16N4O2.ClH/c1-4-5-16-9(15)8-6(2)13-14(7(8)3)10(11)12;/h4-5H2,1-3H3,(H3,11,12);1H. The Kier molecular flexibility index (Phi) is 5.67. The summed E-state index contributed by atoms with van der Waals surface area (Å²) in [5, 5.41) is 11.3. The summed E-state index contributed by atoms with van der Waals surface area (Å²) in [6.07, 6.45) is 0.769. The first kappa shape index (κ1) is 15.4. The van der Waals surface area contributed by atoms with Crippen LogP contribution in [0.2, 0.25) is 0 Å². The summed E-state index contributed by atoms with van der Waals surface area (Å²) in [6, 6.07) is 0. The summed E-state index contributed by atoms with van der Waals surface area (Å²) < 4.78 is 6.25. The third-order valence-electron chi connectivity index (χ3n) is 2.16. The number of hydrogen-bond donors (Lipinski definition) is 2. The number of esters is 1. The van der Waals surface area contributed by atoms with Gasteiger partial charge in [-0.3, -0.25) is 5.41 Å². The molecule has 0 aliphatic rings. The average molecular weight is 261 g/mol. The Hall–Kier alpha value is -1.56. The first-order chi connectivity index (χ1) is 7.49. The van der Waals surface area contributed by atoms with Crippen LogP contribution in [-0.4, -0.2) is 28.3 Å². The molecule has 0 aliphatic carbocycles. The van der Waals surface area contributed by atoms with E-state index in [0.29, 0.717) is 23.6 Å². The lowest BCUT2D eigenvalue weighted by Gasteiger charge is -2.03. The van der Waals surface area contributed by atoms with Crippen LogP contribution in [0, 0.1) is 19.3 Å². The van der Waals surface area contributed by atoms with Crippen LogP contribution in [0.4, 0.5) is 0 Å². The van der Waals surface area contributed by atoms with Crippen molar-refractivity contribution in [3.8, 4) is 0 Å². The molecule has 0 aromatic carbocycles. The number of ether oxygens (including phenoxy) is 1. The van der Waals surface area contributed by atoms with Gasteiger partial charge in [0.15, 0.2) is 0 Å². The molecule has 0 bridgehead atoms. The quantitative estimate of drug-likeness (QED) is 0.486. The monoisotopic (exact) mass is 260 g/mol. The number of aromatic nitrogens is 2. The highest BCUT2D eigenvalue weighted by Crippen LogP contribution is 2.13. The molecule has 0 radical (unpaired) electrons. The van der Waals surface area contributed by atoms with Gasteiger partial charge in [-0.05, 0) is 20.3 Å². The first-order valence-corrected chi connectivity index (χ1v) is 5.06. The molecule has 1 aromatic heterocycles. The lowest BCUT2D eigenvalue weighted by molar-refractivity contribution is 0.0503. The van der Waals surface area contributed by atoms with E-state index in [1.807, 2.05) is 6.92 Å². The Labute approximate surface area is 106 Å². The number of carbonyl (C=O) groups is 1. The molecule has 6 nitrogen and oxygen atoms in total. The second kappa shape index (κ2) is 6.24. The van der Waals surface area contributed by atoms with Crippen LogP contribution < -0.4 is 5.73 Å². The fraction of sp³-hybridized carbons (Fsp3) is 0.500. The lowest BCUT2D eigenvalue weighted by atomic mass is 10.2. The number of nitrogens with zero attached hydrogens (tertiary/aromatic N) is 2. The maximum atomic E-state index is 11.7. The van der Waals surface area contributed by atoms with Crippen LogP contribution >= 0.6 is 12.4 Å². The van der Waals surface area contributed by atoms with Crippen molar-refractivity contribution in [2.24, 2.45) is 5.73 Å². The van der Waals surface area contributed by atoms with Crippen molar-refractivity contribution in [2.45, 2.75) is 27.2 Å². The minimum Gasteiger partial charge on any atom is -0.462 e. The second-order valence-electron chi connectivity index (χ2n) is 3.48. The van der Waals surface area contributed by atoms with E-state index in [1.54, 1.807) is 13.8 Å². The number of hydrogen-bond acceptors (Lipinski definition) is 4. The molecule has 0 saturated carbocycles. The Balaban J connectivity index is 0.00000256. The van der Waals surface area contributed by atoms with Gasteiger partial charge in [-0.25, -0.2) is 9.48 Å². The number of rotatable bonds is 3. The van der Waals surface area contributed by atoms with E-state index < -0.39 is 5.97 Å². The predicted molar refractivity (Wildman–Crippen MR) is 66.8 cm³/mol. The van der Waals surface area contributed by atoms with E-state index in [1.165, 1.54) is 4.68 Å². The van der Waals surface area contributed by atoms with Crippen LogP contribution in [0.25, 0.3) is 0 Å². The second-order valence-corrected chi connectivity index (χ2v) is 3.48. The van der Waals surface area contributed by atoms with Gasteiger partial charge in [0.1, 0.15) is 5.56 Å². The minimum atomic E-state index is -0.413. The van der Waals surface area contributed by atoms with Crippen LogP contribution in [0.3, 0.4) is 0 Å². The highest BCUT2D eigenvalue weighted by molar-refractivity contribution is 5.93. The number of nitrogens with two attached hydrogens (primary N) is 1. The highest BCUT2D eigenvalue weighted by atomic mass is 35.5. The summed E-state index contributed by atoms with van der Waals surface area (Å²) in [7, 11) is 0. The van der Waals surface area contributed by atoms with E-state index in [2.05, 4.69) is 5.10 Å². The van der Waals surface area contributed by atoms with Gasteiger partial charge in [0.05, 0.1) is 18.0 Å². The molecular formula is C10H17ClN4O2. The smallest absolute Gasteiger partial charge is 0.341 e. The van der Waals surface area contributed by atoms with Gasteiger partial charge in [-0.2, -0.15) is 5.10 Å². The number of halogens is 1. The molecule has 0 aliphatic heterocycles. The Morgan fingerprint density at radius 2 is 2.12 bits per heavy atom. The molecule has 7 heteroatoms. The molecular weight excluding hydrogens is 244 g/mol. The Morgan fingerprint density at radius 3 is 2.53 bits per heavy atom. The molecule has 1 rings (SSSR count). The topological polar surface area (TPSA) is 94.0 Å². The Morgan fingerprint density at radius 1 is 1.53 bits per heavy atom. The number of nitrogen functional groups attached to an aromatic ring is 1. The normalized spacial score (nSPS) is 9.59. The van der Waals surface area contributed by atoms with Crippen LogP contribution in [0.5, 0.6) is 0 Å². The molecule has 17 heavy (non-hydrogen) atoms. The third kappa shape index (κ3) is 3.20. The van der Waals surface area contributed by atoms with E-state index in [9.17, 15) is 4.79 Å². The van der Waals surface area contributed by atoms with Crippen LogP contribution in [0.1, 0.15) is 35.1 Å². The van der Waals surface area contributed by atoms with Crippen molar-refractivity contribution in [3.05, 3.63) is 17.0 Å². The van der Waals surface area contributed by atoms with E-state index in [0.717, 1.165) is 6.42 Å². The fourth-order valence-corrected chi connectivity index (χ4v) is 1.44. The first-order valence-electron chi connectivity index (χ1n) is 5.06. The van der Waals surface area contributed by atoms with Crippen LogP contribution in [0.15, 0.2) is 0 Å². The largest absolute Gasteiger partial charge is 0.462 e. The molecule has 3 N–H and O–H groups in total. The predicted octanol–water partition coefficient (Wildman–Crippen LogP) is 1.23. The number of aryl methyl sites for hydroxylation is 1. The molecule has 0 spiro atoms.